The predicted molar refractivity (Wildman–Crippen MR) is 75.3 cm³/mol. The molecular formula is C11H15N5O3S. The molecule has 2 unspecified atom stereocenters. The van der Waals surface area contributed by atoms with Crippen LogP contribution in [0.15, 0.2) is 11.6 Å². The van der Waals surface area contributed by atoms with Crippen molar-refractivity contribution in [3.63, 3.8) is 0 Å². The van der Waals surface area contributed by atoms with Gasteiger partial charge in [-0.05, 0) is 11.8 Å². The number of nitrogens with two attached hydrogens (primary N) is 1. The lowest BCUT2D eigenvalue weighted by Gasteiger charge is -2.34. The molecule has 0 amide bonds. The Morgan fingerprint density at radius 3 is 3.20 bits per heavy atom. The smallest absolute Gasteiger partial charge is 0.373 e. The summed E-state index contributed by atoms with van der Waals surface area (Å²) in [6, 6.07) is -0.124. The van der Waals surface area contributed by atoms with Crippen molar-refractivity contribution in [2.75, 3.05) is 24.6 Å². The Morgan fingerprint density at radius 1 is 1.70 bits per heavy atom. The fourth-order valence-corrected chi connectivity index (χ4v) is 3.03. The van der Waals surface area contributed by atoms with Crippen LogP contribution in [0.25, 0.3) is 4.96 Å². The second-order valence-electron chi connectivity index (χ2n) is 4.79. The fourth-order valence-electron chi connectivity index (χ4n) is 2.33. The summed E-state index contributed by atoms with van der Waals surface area (Å²) in [5.74, 6) is 0.405. The van der Waals surface area contributed by atoms with E-state index in [0.717, 1.165) is 0 Å². The standard InChI is InChI=1S/C11H15N5O3S/c1-7(12)8-6-14(2-4-19-8)9-10(16(17)18)15-3-5-20-11(15)13-9/h3,5,7-8H,2,4,6,12H2,1H3. The van der Waals surface area contributed by atoms with Crippen LogP contribution >= 0.6 is 11.3 Å². The highest BCUT2D eigenvalue weighted by Crippen LogP contribution is 2.32. The molecule has 0 spiro atoms. The van der Waals surface area contributed by atoms with E-state index < -0.39 is 4.92 Å². The van der Waals surface area contributed by atoms with Crippen LogP contribution in [0.5, 0.6) is 0 Å². The first-order valence-electron chi connectivity index (χ1n) is 6.30. The van der Waals surface area contributed by atoms with Crippen molar-refractivity contribution in [3.8, 4) is 0 Å². The zero-order valence-corrected chi connectivity index (χ0v) is 11.7. The van der Waals surface area contributed by atoms with Crippen molar-refractivity contribution >= 4 is 27.9 Å². The van der Waals surface area contributed by atoms with Gasteiger partial charge in [-0.2, -0.15) is 9.38 Å². The van der Waals surface area contributed by atoms with Crippen LogP contribution in [0, 0.1) is 10.1 Å². The first kappa shape index (κ1) is 13.3. The molecule has 9 heteroatoms. The molecule has 0 aromatic carbocycles. The van der Waals surface area contributed by atoms with Gasteiger partial charge in [-0.3, -0.25) is 0 Å². The molecule has 3 heterocycles. The summed E-state index contributed by atoms with van der Waals surface area (Å²) in [4.78, 5) is 17.8. The molecule has 8 nitrogen and oxygen atoms in total. The molecule has 3 rings (SSSR count). The van der Waals surface area contributed by atoms with Crippen molar-refractivity contribution in [2.24, 2.45) is 5.73 Å². The highest BCUT2D eigenvalue weighted by molar-refractivity contribution is 7.15. The number of thiazole rings is 1. The van der Waals surface area contributed by atoms with E-state index in [1.54, 1.807) is 11.6 Å². The van der Waals surface area contributed by atoms with Crippen LogP contribution in [-0.2, 0) is 4.74 Å². The number of fused-ring (bicyclic) bond motifs is 1. The van der Waals surface area contributed by atoms with Gasteiger partial charge in [-0.15, -0.1) is 0 Å². The number of morpholine rings is 1. The maximum absolute atomic E-state index is 11.3. The normalized spacial score (nSPS) is 21.3. The van der Waals surface area contributed by atoms with Crippen molar-refractivity contribution in [1.82, 2.24) is 9.38 Å². The largest absolute Gasteiger partial charge is 0.373 e. The molecule has 0 saturated carbocycles. The SMILES string of the molecule is CC(N)C1CN(c2nc3sccn3c2[N+](=O)[O-])CCO1. The summed E-state index contributed by atoms with van der Waals surface area (Å²) in [7, 11) is 0. The molecule has 1 aliphatic heterocycles. The van der Waals surface area contributed by atoms with E-state index in [2.05, 4.69) is 4.98 Å². The molecule has 1 aliphatic rings. The maximum atomic E-state index is 11.3. The van der Waals surface area contributed by atoms with Gasteiger partial charge < -0.3 is 25.5 Å². The van der Waals surface area contributed by atoms with Crippen LogP contribution in [-0.4, -0.2) is 46.2 Å². The molecule has 0 radical (unpaired) electrons. The first-order valence-corrected chi connectivity index (χ1v) is 7.18. The maximum Gasteiger partial charge on any atom is 0.373 e. The van der Waals surface area contributed by atoms with Crippen molar-refractivity contribution in [2.45, 2.75) is 19.1 Å². The van der Waals surface area contributed by atoms with E-state index in [1.165, 1.54) is 15.7 Å². The Hall–Kier alpha value is -1.71. The Kier molecular flexibility index (Phi) is 3.32. The van der Waals surface area contributed by atoms with Gasteiger partial charge in [0, 0.05) is 24.5 Å². The second kappa shape index (κ2) is 5.00. The minimum atomic E-state index is -0.390. The molecule has 2 aromatic rings. The highest BCUT2D eigenvalue weighted by Gasteiger charge is 2.32. The van der Waals surface area contributed by atoms with Crippen molar-refractivity contribution in [3.05, 3.63) is 21.7 Å². The van der Waals surface area contributed by atoms with E-state index in [1.807, 2.05) is 11.8 Å². The zero-order chi connectivity index (χ0) is 14.3. The Bertz CT molecular complexity index is 637. The summed E-state index contributed by atoms with van der Waals surface area (Å²) in [5, 5.41) is 13.1. The number of nitro groups is 1. The topological polar surface area (TPSA) is 98.9 Å². The number of hydrogen-bond donors (Lipinski definition) is 1. The first-order chi connectivity index (χ1) is 9.58. The highest BCUT2D eigenvalue weighted by atomic mass is 32.1. The quantitative estimate of drug-likeness (QED) is 0.666. The number of anilines is 1. The van der Waals surface area contributed by atoms with Crippen LogP contribution in [0.4, 0.5) is 11.6 Å². The molecule has 1 fully saturated rings. The Labute approximate surface area is 118 Å². The Balaban J connectivity index is 1.98. The van der Waals surface area contributed by atoms with E-state index in [0.29, 0.717) is 30.5 Å². The second-order valence-corrected chi connectivity index (χ2v) is 5.66. The van der Waals surface area contributed by atoms with Crippen LogP contribution in [0.3, 0.4) is 0 Å². The summed E-state index contributed by atoms with van der Waals surface area (Å²) in [6.07, 6.45) is 1.53. The lowest BCUT2D eigenvalue weighted by atomic mass is 10.1. The van der Waals surface area contributed by atoms with Crippen LogP contribution < -0.4 is 10.6 Å². The van der Waals surface area contributed by atoms with Gasteiger partial charge in [0.1, 0.15) is 6.20 Å². The third-order valence-corrected chi connectivity index (χ3v) is 4.13. The number of aromatic nitrogens is 2. The average Bonchev–Trinajstić information content (AvgIpc) is 2.97. The average molecular weight is 297 g/mol. The molecule has 1 saturated heterocycles. The number of nitrogens with zero attached hydrogens (tertiary/aromatic N) is 4. The number of ether oxygens (including phenoxy) is 1. The summed E-state index contributed by atoms with van der Waals surface area (Å²) < 4.78 is 7.09. The summed E-state index contributed by atoms with van der Waals surface area (Å²) >= 11 is 1.38. The minimum absolute atomic E-state index is 0.00609. The molecule has 2 aromatic heterocycles. The van der Waals surface area contributed by atoms with Gasteiger partial charge in [-0.1, -0.05) is 11.3 Å². The predicted octanol–water partition coefficient (Wildman–Crippen LogP) is 0.856. The Morgan fingerprint density at radius 2 is 2.50 bits per heavy atom. The molecular weight excluding hydrogens is 282 g/mol. The van der Waals surface area contributed by atoms with Gasteiger partial charge in [0.25, 0.3) is 4.96 Å². The lowest BCUT2D eigenvalue weighted by Crippen LogP contribution is -2.49. The van der Waals surface area contributed by atoms with Gasteiger partial charge in [-0.25, -0.2) is 0 Å². The summed E-state index contributed by atoms with van der Waals surface area (Å²) in [6.45, 7) is 3.46. The third-order valence-electron chi connectivity index (χ3n) is 3.37. The lowest BCUT2D eigenvalue weighted by molar-refractivity contribution is -0.389. The van der Waals surface area contributed by atoms with Gasteiger partial charge in [0.15, 0.2) is 0 Å². The third kappa shape index (κ3) is 2.13. The van der Waals surface area contributed by atoms with E-state index in [-0.39, 0.29) is 18.0 Å². The minimum Gasteiger partial charge on any atom is -0.373 e. The monoisotopic (exact) mass is 297 g/mol. The van der Waals surface area contributed by atoms with Crippen molar-refractivity contribution < 1.29 is 9.66 Å². The van der Waals surface area contributed by atoms with Crippen LogP contribution in [0.2, 0.25) is 0 Å². The molecule has 20 heavy (non-hydrogen) atoms. The molecule has 0 bridgehead atoms. The van der Waals surface area contributed by atoms with Gasteiger partial charge >= 0.3 is 5.82 Å². The molecule has 108 valence electrons. The van der Waals surface area contributed by atoms with E-state index >= 15 is 0 Å². The van der Waals surface area contributed by atoms with Gasteiger partial charge in [0.05, 0.1) is 12.7 Å². The number of hydrogen-bond acceptors (Lipinski definition) is 7. The van der Waals surface area contributed by atoms with Crippen LogP contribution in [0.1, 0.15) is 6.92 Å². The molecule has 2 atom stereocenters. The van der Waals surface area contributed by atoms with E-state index in [4.69, 9.17) is 10.5 Å². The zero-order valence-electron chi connectivity index (χ0n) is 10.9. The number of imidazole rings is 1. The van der Waals surface area contributed by atoms with Crippen molar-refractivity contribution in [1.29, 1.82) is 0 Å². The summed E-state index contributed by atoms with van der Waals surface area (Å²) in [5.41, 5.74) is 5.85. The molecule has 2 N–H and O–H groups in total. The number of rotatable bonds is 3. The van der Waals surface area contributed by atoms with Gasteiger partial charge in [0.2, 0.25) is 5.82 Å². The molecule has 0 aliphatic carbocycles. The van der Waals surface area contributed by atoms with E-state index in [9.17, 15) is 10.1 Å². The fraction of sp³-hybridized carbons (Fsp3) is 0.545.